The molecule has 0 aliphatic heterocycles. The first-order valence-corrected chi connectivity index (χ1v) is 8.89. The van der Waals surface area contributed by atoms with Gasteiger partial charge in [-0.25, -0.2) is 4.79 Å². The monoisotopic (exact) mass is 343 g/mol. The van der Waals surface area contributed by atoms with E-state index in [1.807, 2.05) is 55.6 Å². The minimum atomic E-state index is -0.135. The number of aromatic nitrogens is 2. The van der Waals surface area contributed by atoms with Crippen molar-refractivity contribution >= 4 is 28.3 Å². The lowest BCUT2D eigenvalue weighted by Crippen LogP contribution is -2.35. The third-order valence-electron chi connectivity index (χ3n) is 4.46. The largest absolute Gasteiger partial charge is 0.337 e. The number of amides is 1. The van der Waals surface area contributed by atoms with Crippen LogP contribution < -0.4 is 5.69 Å². The molecule has 3 aromatic rings. The highest BCUT2D eigenvalue weighted by molar-refractivity contribution is 7.10. The molecule has 0 aliphatic carbocycles. The van der Waals surface area contributed by atoms with Gasteiger partial charge in [-0.1, -0.05) is 18.2 Å². The first kappa shape index (κ1) is 16.5. The van der Waals surface area contributed by atoms with Crippen molar-refractivity contribution in [1.29, 1.82) is 0 Å². The predicted molar refractivity (Wildman–Crippen MR) is 97.4 cm³/mol. The second-order valence-corrected chi connectivity index (χ2v) is 6.78. The van der Waals surface area contributed by atoms with Gasteiger partial charge >= 0.3 is 5.69 Å². The summed E-state index contributed by atoms with van der Waals surface area (Å²) in [6.07, 6.45) is 0. The Kier molecular flexibility index (Phi) is 4.57. The van der Waals surface area contributed by atoms with Gasteiger partial charge in [0.15, 0.2) is 0 Å². The highest BCUT2D eigenvalue weighted by Gasteiger charge is 2.21. The molecule has 5 nitrogen and oxygen atoms in total. The van der Waals surface area contributed by atoms with E-state index >= 15 is 0 Å². The van der Waals surface area contributed by atoms with Crippen LogP contribution in [0.4, 0.5) is 0 Å². The van der Waals surface area contributed by atoms with Gasteiger partial charge in [0.1, 0.15) is 6.54 Å². The van der Waals surface area contributed by atoms with Crippen LogP contribution in [0, 0.1) is 0 Å². The fourth-order valence-corrected chi connectivity index (χ4v) is 3.74. The van der Waals surface area contributed by atoms with Crippen LogP contribution in [0.2, 0.25) is 0 Å². The average Bonchev–Trinajstić information content (AvgIpc) is 3.21. The van der Waals surface area contributed by atoms with E-state index in [4.69, 9.17) is 0 Å². The number of aryl methyl sites for hydroxylation is 1. The van der Waals surface area contributed by atoms with Gasteiger partial charge in [-0.05, 0) is 37.4 Å². The summed E-state index contributed by atoms with van der Waals surface area (Å²) in [7, 11) is 1.79. The molecule has 1 atom stereocenters. The van der Waals surface area contributed by atoms with Crippen LogP contribution in [0.25, 0.3) is 11.0 Å². The molecular weight excluding hydrogens is 322 g/mol. The smallest absolute Gasteiger partial charge is 0.329 e. The Bertz CT molecular complexity index is 908. The molecule has 0 saturated carbocycles. The van der Waals surface area contributed by atoms with Gasteiger partial charge in [0.05, 0.1) is 17.1 Å². The van der Waals surface area contributed by atoms with Crippen molar-refractivity contribution in [1.82, 2.24) is 14.0 Å². The maximum absolute atomic E-state index is 12.7. The van der Waals surface area contributed by atoms with E-state index in [2.05, 4.69) is 0 Å². The maximum atomic E-state index is 12.7. The molecule has 6 heteroatoms. The van der Waals surface area contributed by atoms with E-state index in [9.17, 15) is 9.59 Å². The number of hydrogen-bond donors (Lipinski definition) is 0. The standard InChI is InChI=1S/C18H21N3O2S/c1-4-20-14-8-5-6-9-15(14)21(18(20)23)12-17(22)19(3)13(2)16-10-7-11-24-16/h5-11,13H,4,12H2,1-3H3/t13-/m0/s1. The number of rotatable bonds is 5. The first-order chi connectivity index (χ1) is 11.5. The summed E-state index contributed by atoms with van der Waals surface area (Å²) in [6.45, 7) is 4.58. The SMILES string of the molecule is CCn1c(=O)n(CC(=O)N(C)[C@@H](C)c2cccs2)c2ccccc21. The zero-order chi connectivity index (χ0) is 17.3. The third kappa shape index (κ3) is 2.78. The van der Waals surface area contributed by atoms with Crippen LogP contribution in [0.1, 0.15) is 24.8 Å². The molecule has 1 amide bonds. The Morgan fingerprint density at radius 3 is 2.42 bits per heavy atom. The van der Waals surface area contributed by atoms with Gasteiger partial charge in [-0.3, -0.25) is 13.9 Å². The molecule has 0 radical (unpaired) electrons. The Hall–Kier alpha value is -2.34. The van der Waals surface area contributed by atoms with Crippen LogP contribution in [0.15, 0.2) is 46.6 Å². The summed E-state index contributed by atoms with van der Waals surface area (Å²) >= 11 is 1.63. The Morgan fingerprint density at radius 2 is 1.83 bits per heavy atom. The minimum absolute atomic E-state index is 0.00673. The van der Waals surface area contributed by atoms with E-state index < -0.39 is 0 Å². The number of fused-ring (bicyclic) bond motifs is 1. The summed E-state index contributed by atoms with van der Waals surface area (Å²) in [4.78, 5) is 28.2. The van der Waals surface area contributed by atoms with E-state index in [-0.39, 0.29) is 24.2 Å². The van der Waals surface area contributed by atoms with Crippen LogP contribution in [-0.4, -0.2) is 27.0 Å². The summed E-state index contributed by atoms with van der Waals surface area (Å²) in [5.74, 6) is -0.0722. The quantitative estimate of drug-likeness (QED) is 0.715. The van der Waals surface area contributed by atoms with Crippen molar-refractivity contribution in [3.8, 4) is 0 Å². The summed E-state index contributed by atoms with van der Waals surface area (Å²) in [6, 6.07) is 11.6. The lowest BCUT2D eigenvalue weighted by atomic mass is 10.2. The van der Waals surface area contributed by atoms with Crippen LogP contribution in [0.3, 0.4) is 0 Å². The molecule has 2 aromatic heterocycles. The van der Waals surface area contributed by atoms with Gasteiger partial charge in [-0.2, -0.15) is 0 Å². The Morgan fingerprint density at radius 1 is 1.17 bits per heavy atom. The molecule has 2 heterocycles. The maximum Gasteiger partial charge on any atom is 0.329 e. The predicted octanol–water partition coefficient (Wildman–Crippen LogP) is 3.10. The number of imidazole rings is 1. The van der Waals surface area contributed by atoms with Crippen molar-refractivity contribution < 1.29 is 4.79 Å². The molecule has 0 unspecified atom stereocenters. The zero-order valence-corrected chi connectivity index (χ0v) is 14.9. The normalized spacial score (nSPS) is 12.5. The Labute approximate surface area is 144 Å². The van der Waals surface area contributed by atoms with Gasteiger partial charge in [0.25, 0.3) is 0 Å². The van der Waals surface area contributed by atoms with E-state index in [0.717, 1.165) is 15.9 Å². The first-order valence-electron chi connectivity index (χ1n) is 8.01. The minimum Gasteiger partial charge on any atom is -0.337 e. The molecule has 24 heavy (non-hydrogen) atoms. The average molecular weight is 343 g/mol. The second-order valence-electron chi connectivity index (χ2n) is 5.80. The fourth-order valence-electron chi connectivity index (χ4n) is 2.91. The van der Waals surface area contributed by atoms with E-state index in [1.165, 1.54) is 0 Å². The van der Waals surface area contributed by atoms with Gasteiger partial charge < -0.3 is 4.90 Å². The molecule has 0 aliphatic rings. The molecule has 3 rings (SSSR count). The van der Waals surface area contributed by atoms with Crippen LogP contribution >= 0.6 is 11.3 Å². The fraction of sp³-hybridized carbons (Fsp3) is 0.333. The van der Waals surface area contributed by atoms with Crippen molar-refractivity contribution in [3.05, 3.63) is 57.1 Å². The number of thiophene rings is 1. The molecule has 0 spiro atoms. The van der Waals surface area contributed by atoms with Gasteiger partial charge in [-0.15, -0.1) is 11.3 Å². The number of hydrogen-bond acceptors (Lipinski definition) is 3. The second kappa shape index (κ2) is 6.65. The molecule has 0 N–H and O–H groups in total. The zero-order valence-electron chi connectivity index (χ0n) is 14.1. The lowest BCUT2D eigenvalue weighted by Gasteiger charge is -2.24. The summed E-state index contributed by atoms with van der Waals surface area (Å²) < 4.78 is 3.27. The Balaban J connectivity index is 1.91. The van der Waals surface area contributed by atoms with Crippen molar-refractivity contribution in [2.75, 3.05) is 7.05 Å². The van der Waals surface area contributed by atoms with Gasteiger partial charge in [0.2, 0.25) is 5.91 Å². The van der Waals surface area contributed by atoms with Gasteiger partial charge in [0, 0.05) is 18.5 Å². The van der Waals surface area contributed by atoms with Crippen molar-refractivity contribution in [2.45, 2.75) is 33.0 Å². The lowest BCUT2D eigenvalue weighted by molar-refractivity contribution is -0.132. The number of carbonyl (C=O) groups excluding carboxylic acids is 1. The number of para-hydroxylation sites is 2. The summed E-state index contributed by atoms with van der Waals surface area (Å²) in [5.41, 5.74) is 1.53. The molecular formula is C18H21N3O2S. The van der Waals surface area contributed by atoms with E-state index in [1.54, 1.807) is 32.4 Å². The number of carbonyl (C=O) groups is 1. The molecule has 126 valence electrons. The topological polar surface area (TPSA) is 47.2 Å². The number of likely N-dealkylation sites (N-methyl/N-ethyl adjacent to an activating group) is 1. The highest BCUT2D eigenvalue weighted by Crippen LogP contribution is 2.23. The van der Waals surface area contributed by atoms with Crippen LogP contribution in [0.5, 0.6) is 0 Å². The molecule has 0 bridgehead atoms. The third-order valence-corrected chi connectivity index (χ3v) is 5.51. The molecule has 1 aromatic carbocycles. The number of nitrogens with zero attached hydrogens (tertiary/aromatic N) is 3. The highest BCUT2D eigenvalue weighted by atomic mass is 32.1. The molecule has 0 saturated heterocycles. The van der Waals surface area contributed by atoms with Crippen LogP contribution in [-0.2, 0) is 17.9 Å². The summed E-state index contributed by atoms with van der Waals surface area (Å²) in [5, 5.41) is 2.00. The van der Waals surface area contributed by atoms with Crippen molar-refractivity contribution in [2.24, 2.45) is 0 Å². The van der Waals surface area contributed by atoms with Crippen molar-refractivity contribution in [3.63, 3.8) is 0 Å². The molecule has 0 fully saturated rings. The van der Waals surface area contributed by atoms with E-state index in [0.29, 0.717) is 6.54 Å². The number of benzene rings is 1.